The Morgan fingerprint density at radius 2 is 1.92 bits per heavy atom. The van der Waals surface area contributed by atoms with Crippen LogP contribution in [0.5, 0.6) is 11.5 Å². The normalized spacial score (nSPS) is 10.5. The molecule has 24 heavy (non-hydrogen) atoms. The molecule has 0 aliphatic carbocycles. The number of hydrogen-bond acceptors (Lipinski definition) is 5. The third kappa shape index (κ3) is 4.66. The molecule has 1 N–H and O–H groups in total. The Balaban J connectivity index is 2.08. The van der Waals surface area contributed by atoms with Crippen LogP contribution in [0.3, 0.4) is 0 Å². The molecule has 0 aliphatic rings. The van der Waals surface area contributed by atoms with Crippen molar-refractivity contribution in [1.82, 2.24) is 5.43 Å². The maximum absolute atomic E-state index is 12.0. The minimum Gasteiger partial charge on any atom is -0.493 e. The molecule has 0 atom stereocenters. The van der Waals surface area contributed by atoms with Crippen molar-refractivity contribution >= 4 is 34.0 Å². The first-order chi connectivity index (χ1) is 11.5. The van der Waals surface area contributed by atoms with E-state index in [-0.39, 0.29) is 5.91 Å². The van der Waals surface area contributed by atoms with Crippen molar-refractivity contribution in [2.45, 2.75) is 6.92 Å². The maximum atomic E-state index is 12.0. The van der Waals surface area contributed by atoms with Crippen LogP contribution in [0.4, 0.5) is 0 Å². The van der Waals surface area contributed by atoms with Crippen LogP contribution in [0, 0.1) is 0 Å². The van der Waals surface area contributed by atoms with Crippen LogP contribution in [0.25, 0.3) is 0 Å². The Kier molecular flexibility index (Phi) is 6.08. The molecule has 0 heterocycles. The molecular formula is C17H15BrN2O4. The van der Waals surface area contributed by atoms with Crippen molar-refractivity contribution in [3.05, 3.63) is 58.1 Å². The monoisotopic (exact) mass is 390 g/mol. The quantitative estimate of drug-likeness (QED) is 0.368. The van der Waals surface area contributed by atoms with Gasteiger partial charge in [0.05, 0.1) is 18.9 Å². The number of esters is 1. The van der Waals surface area contributed by atoms with E-state index in [1.165, 1.54) is 20.2 Å². The number of methoxy groups -OCH3 is 1. The van der Waals surface area contributed by atoms with Crippen LogP contribution in [-0.4, -0.2) is 25.2 Å². The fraction of sp³-hybridized carbons (Fsp3) is 0.118. The van der Waals surface area contributed by atoms with Crippen LogP contribution in [0.15, 0.2) is 52.0 Å². The maximum Gasteiger partial charge on any atom is 0.308 e. The number of rotatable bonds is 5. The number of carbonyl (C=O) groups is 2. The lowest BCUT2D eigenvalue weighted by Crippen LogP contribution is -2.18. The van der Waals surface area contributed by atoms with Gasteiger partial charge in [0.25, 0.3) is 5.91 Å². The third-order valence-corrected chi connectivity index (χ3v) is 3.63. The lowest BCUT2D eigenvalue weighted by Gasteiger charge is -2.08. The molecule has 0 unspecified atom stereocenters. The van der Waals surface area contributed by atoms with E-state index >= 15 is 0 Å². The lowest BCUT2D eigenvalue weighted by atomic mass is 10.2. The Morgan fingerprint density at radius 1 is 1.17 bits per heavy atom. The average Bonchev–Trinajstić information content (AvgIpc) is 2.56. The molecule has 0 radical (unpaired) electrons. The molecule has 7 heteroatoms. The van der Waals surface area contributed by atoms with Gasteiger partial charge in [-0.3, -0.25) is 9.59 Å². The van der Waals surface area contributed by atoms with Gasteiger partial charge in [-0.2, -0.15) is 5.10 Å². The van der Waals surface area contributed by atoms with Crippen LogP contribution >= 0.6 is 15.9 Å². The number of nitrogens with zero attached hydrogens (tertiary/aromatic N) is 1. The van der Waals surface area contributed by atoms with Gasteiger partial charge in [0.15, 0.2) is 11.5 Å². The number of amides is 1. The molecule has 0 aliphatic heterocycles. The second-order valence-corrected chi connectivity index (χ2v) is 5.54. The summed E-state index contributed by atoms with van der Waals surface area (Å²) in [6.45, 7) is 1.31. The molecule has 2 rings (SSSR count). The number of benzene rings is 2. The first kappa shape index (κ1) is 17.7. The van der Waals surface area contributed by atoms with Gasteiger partial charge in [0.1, 0.15) is 0 Å². The van der Waals surface area contributed by atoms with Gasteiger partial charge in [-0.15, -0.1) is 0 Å². The third-order valence-electron chi connectivity index (χ3n) is 2.94. The van der Waals surface area contributed by atoms with E-state index in [9.17, 15) is 9.59 Å². The largest absolute Gasteiger partial charge is 0.493 e. The summed E-state index contributed by atoms with van der Waals surface area (Å²) in [4.78, 5) is 23.0. The fourth-order valence-corrected chi connectivity index (χ4v) is 2.34. The average molecular weight is 391 g/mol. The molecule has 0 fully saturated rings. The summed E-state index contributed by atoms with van der Waals surface area (Å²) in [6.07, 6.45) is 1.47. The first-order valence-electron chi connectivity index (χ1n) is 6.95. The highest BCUT2D eigenvalue weighted by Crippen LogP contribution is 2.27. The second-order valence-electron chi connectivity index (χ2n) is 4.68. The van der Waals surface area contributed by atoms with Crippen LogP contribution in [0.1, 0.15) is 22.8 Å². The first-order valence-corrected chi connectivity index (χ1v) is 7.75. The zero-order valence-electron chi connectivity index (χ0n) is 13.1. The van der Waals surface area contributed by atoms with Gasteiger partial charge < -0.3 is 9.47 Å². The Hall–Kier alpha value is -2.67. The number of nitrogens with one attached hydrogen (secondary N) is 1. The molecule has 0 spiro atoms. The van der Waals surface area contributed by atoms with Gasteiger partial charge in [0, 0.05) is 11.4 Å². The van der Waals surface area contributed by atoms with Crippen LogP contribution in [-0.2, 0) is 4.79 Å². The highest BCUT2D eigenvalue weighted by atomic mass is 79.9. The smallest absolute Gasteiger partial charge is 0.308 e. The van der Waals surface area contributed by atoms with E-state index in [0.29, 0.717) is 27.1 Å². The summed E-state index contributed by atoms with van der Waals surface area (Å²) >= 11 is 3.31. The molecule has 0 saturated carbocycles. The minimum absolute atomic E-state index is 0.319. The molecule has 2 aromatic rings. The molecule has 2 aromatic carbocycles. The van der Waals surface area contributed by atoms with Gasteiger partial charge in [-0.25, -0.2) is 5.43 Å². The molecule has 124 valence electrons. The van der Waals surface area contributed by atoms with Crippen molar-refractivity contribution in [3.8, 4) is 11.5 Å². The summed E-state index contributed by atoms with van der Waals surface area (Å²) in [5, 5.41) is 3.92. The van der Waals surface area contributed by atoms with E-state index in [4.69, 9.17) is 9.47 Å². The van der Waals surface area contributed by atoms with E-state index < -0.39 is 5.97 Å². The molecule has 0 aromatic heterocycles. The number of hydrogen-bond donors (Lipinski definition) is 1. The van der Waals surface area contributed by atoms with Crippen molar-refractivity contribution in [1.29, 1.82) is 0 Å². The Bertz CT molecular complexity index is 790. The van der Waals surface area contributed by atoms with Crippen molar-refractivity contribution in [3.63, 3.8) is 0 Å². The van der Waals surface area contributed by atoms with Gasteiger partial charge in [0.2, 0.25) is 0 Å². The Morgan fingerprint density at radius 3 is 2.58 bits per heavy atom. The zero-order chi connectivity index (χ0) is 17.5. The number of hydrazone groups is 1. The summed E-state index contributed by atoms with van der Waals surface area (Å²) in [7, 11) is 1.47. The van der Waals surface area contributed by atoms with Crippen LogP contribution in [0.2, 0.25) is 0 Å². The summed E-state index contributed by atoms with van der Waals surface area (Å²) in [6, 6.07) is 12.0. The summed E-state index contributed by atoms with van der Waals surface area (Å²) in [5.41, 5.74) is 3.61. The number of ether oxygens (including phenoxy) is 2. The van der Waals surface area contributed by atoms with Crippen molar-refractivity contribution in [2.75, 3.05) is 7.11 Å². The predicted molar refractivity (Wildman–Crippen MR) is 93.5 cm³/mol. The summed E-state index contributed by atoms with van der Waals surface area (Å²) < 4.78 is 10.9. The molecular weight excluding hydrogens is 376 g/mol. The Labute approximate surface area is 147 Å². The highest BCUT2D eigenvalue weighted by molar-refractivity contribution is 9.10. The number of carbonyl (C=O) groups excluding carboxylic acids is 2. The molecule has 0 bridgehead atoms. The van der Waals surface area contributed by atoms with E-state index in [0.717, 1.165) is 0 Å². The fourth-order valence-electron chi connectivity index (χ4n) is 1.87. The standard InChI is InChI=1S/C17H15BrN2O4/c1-11(21)24-15-8-7-12(9-16(15)23-2)10-19-20-17(22)13-5-3-4-6-14(13)18/h3-10H,1-2H3,(H,20,22). The summed E-state index contributed by atoms with van der Waals surface area (Å²) in [5.74, 6) is -0.0525. The van der Waals surface area contributed by atoms with Crippen molar-refractivity contribution < 1.29 is 19.1 Å². The predicted octanol–water partition coefficient (Wildman–Crippen LogP) is 3.15. The topological polar surface area (TPSA) is 77.0 Å². The van der Waals surface area contributed by atoms with E-state index in [1.807, 2.05) is 6.07 Å². The molecule has 1 amide bonds. The number of halogens is 1. The van der Waals surface area contributed by atoms with Gasteiger partial charge >= 0.3 is 5.97 Å². The minimum atomic E-state index is -0.435. The second kappa shape index (κ2) is 8.26. The van der Waals surface area contributed by atoms with Crippen molar-refractivity contribution in [2.24, 2.45) is 5.10 Å². The van der Waals surface area contributed by atoms with Gasteiger partial charge in [-0.1, -0.05) is 12.1 Å². The highest BCUT2D eigenvalue weighted by Gasteiger charge is 2.09. The molecule has 6 nitrogen and oxygen atoms in total. The zero-order valence-corrected chi connectivity index (χ0v) is 14.7. The SMILES string of the molecule is COc1cc(C=NNC(=O)c2ccccc2Br)ccc1OC(C)=O. The van der Waals surface area contributed by atoms with Gasteiger partial charge in [-0.05, 0) is 51.8 Å². The van der Waals surface area contributed by atoms with E-state index in [2.05, 4.69) is 26.5 Å². The molecule has 0 saturated heterocycles. The van der Waals surface area contributed by atoms with Crippen LogP contribution < -0.4 is 14.9 Å². The lowest BCUT2D eigenvalue weighted by molar-refractivity contribution is -0.132. The van der Waals surface area contributed by atoms with E-state index in [1.54, 1.807) is 36.4 Å².